The van der Waals surface area contributed by atoms with Crippen LogP contribution in [0, 0.1) is 6.92 Å². The number of hydrogen-bond donors (Lipinski definition) is 1. The van der Waals surface area contributed by atoms with Crippen LogP contribution in [0.2, 0.25) is 0 Å². The fraction of sp³-hybridized carbons (Fsp3) is 0.714. The van der Waals surface area contributed by atoms with Crippen molar-refractivity contribution < 1.29 is 5.11 Å². The quantitative estimate of drug-likeness (QED) is 0.587. The highest BCUT2D eigenvalue weighted by Gasteiger charge is 2.19. The van der Waals surface area contributed by atoms with Gasteiger partial charge in [-0.25, -0.2) is 9.67 Å². The molecule has 1 N–H and O–H groups in total. The monoisotopic (exact) mass is 153 g/mol. The fourth-order valence-electron chi connectivity index (χ4n) is 1.45. The second kappa shape index (κ2) is 2.30. The number of fused-ring (bicyclic) bond motifs is 1. The maximum absolute atomic E-state index is 9.44. The molecule has 4 nitrogen and oxygen atoms in total. The average Bonchev–Trinajstić information content (AvgIpc) is 2.31. The zero-order valence-corrected chi connectivity index (χ0v) is 6.49. The molecule has 0 saturated heterocycles. The number of nitrogens with zero attached hydrogens (tertiary/aromatic N) is 3. The lowest BCUT2D eigenvalue weighted by molar-refractivity contribution is 0.0644. The van der Waals surface area contributed by atoms with Crippen LogP contribution >= 0.6 is 0 Å². The summed E-state index contributed by atoms with van der Waals surface area (Å²) in [5.41, 5.74) is 0. The van der Waals surface area contributed by atoms with Crippen molar-refractivity contribution in [3.05, 3.63) is 11.6 Å². The first-order valence-corrected chi connectivity index (χ1v) is 3.87. The van der Waals surface area contributed by atoms with Crippen LogP contribution in [0.5, 0.6) is 0 Å². The summed E-state index contributed by atoms with van der Waals surface area (Å²) < 4.78 is 1.62. The summed E-state index contributed by atoms with van der Waals surface area (Å²) in [7, 11) is 0. The number of aromatic nitrogens is 3. The summed E-state index contributed by atoms with van der Waals surface area (Å²) in [6, 6.07) is 0. The third-order valence-corrected chi connectivity index (χ3v) is 1.95. The highest BCUT2D eigenvalue weighted by molar-refractivity contribution is 4.94. The van der Waals surface area contributed by atoms with Crippen LogP contribution in [0.4, 0.5) is 0 Å². The Balaban J connectivity index is 2.43. The summed E-state index contributed by atoms with van der Waals surface area (Å²) in [5, 5.41) is 13.5. The van der Waals surface area contributed by atoms with E-state index in [1.54, 1.807) is 4.68 Å². The third-order valence-electron chi connectivity index (χ3n) is 1.95. The molecule has 4 heteroatoms. The van der Waals surface area contributed by atoms with Gasteiger partial charge in [-0.1, -0.05) is 0 Å². The second-order valence-electron chi connectivity index (χ2n) is 2.89. The summed E-state index contributed by atoms with van der Waals surface area (Å²) in [4.78, 5) is 4.19. The first-order valence-electron chi connectivity index (χ1n) is 3.87. The van der Waals surface area contributed by atoms with E-state index in [1.165, 1.54) is 0 Å². The molecular weight excluding hydrogens is 142 g/mol. The molecule has 2 heterocycles. The molecule has 0 radical (unpaired) electrons. The molecule has 0 spiro atoms. The van der Waals surface area contributed by atoms with Gasteiger partial charge in [-0.15, -0.1) is 0 Å². The van der Waals surface area contributed by atoms with Crippen molar-refractivity contribution in [3.63, 3.8) is 0 Å². The molecule has 11 heavy (non-hydrogen) atoms. The Kier molecular flexibility index (Phi) is 1.42. The molecule has 0 fully saturated rings. The molecule has 1 aliphatic heterocycles. The lowest BCUT2D eigenvalue weighted by atomic mass is 10.1. The van der Waals surface area contributed by atoms with Gasteiger partial charge in [-0.05, 0) is 19.8 Å². The molecule has 1 aromatic rings. The molecule has 1 unspecified atom stereocenters. The normalized spacial score (nSPS) is 23.3. The fourth-order valence-corrected chi connectivity index (χ4v) is 1.45. The van der Waals surface area contributed by atoms with Crippen LogP contribution in [-0.4, -0.2) is 19.9 Å². The van der Waals surface area contributed by atoms with E-state index in [0.29, 0.717) is 0 Å². The Labute approximate surface area is 64.9 Å². The van der Waals surface area contributed by atoms with Gasteiger partial charge < -0.3 is 5.11 Å². The molecule has 60 valence electrons. The van der Waals surface area contributed by atoms with Gasteiger partial charge in [0.2, 0.25) is 0 Å². The Morgan fingerprint density at radius 2 is 2.45 bits per heavy atom. The van der Waals surface area contributed by atoms with Crippen LogP contribution in [0.15, 0.2) is 0 Å². The number of aryl methyl sites for hydroxylation is 2. The summed E-state index contributed by atoms with van der Waals surface area (Å²) >= 11 is 0. The number of aliphatic hydroxyl groups is 1. The minimum absolute atomic E-state index is 0.444. The van der Waals surface area contributed by atoms with Gasteiger partial charge in [0, 0.05) is 6.42 Å². The average molecular weight is 153 g/mol. The van der Waals surface area contributed by atoms with Crippen molar-refractivity contribution in [2.45, 2.75) is 32.4 Å². The number of rotatable bonds is 0. The summed E-state index contributed by atoms with van der Waals surface area (Å²) in [6.45, 7) is 1.85. The van der Waals surface area contributed by atoms with Gasteiger partial charge in [0.25, 0.3) is 0 Å². The lowest BCUT2D eigenvalue weighted by Gasteiger charge is -2.17. The van der Waals surface area contributed by atoms with Gasteiger partial charge in [0.15, 0.2) is 0 Å². The van der Waals surface area contributed by atoms with Gasteiger partial charge in [-0.3, -0.25) is 0 Å². The lowest BCUT2D eigenvalue weighted by Crippen LogP contribution is -2.18. The molecule has 1 atom stereocenters. The summed E-state index contributed by atoms with van der Waals surface area (Å²) in [5.74, 6) is 1.67. The first kappa shape index (κ1) is 6.79. The first-order chi connectivity index (χ1) is 5.27. The largest absolute Gasteiger partial charge is 0.372 e. The molecule has 0 amide bonds. The number of aliphatic hydroxyl groups excluding tert-OH is 1. The van der Waals surface area contributed by atoms with Crippen molar-refractivity contribution in [3.8, 4) is 0 Å². The Hall–Kier alpha value is -0.900. The van der Waals surface area contributed by atoms with Crippen LogP contribution in [0.3, 0.4) is 0 Å². The van der Waals surface area contributed by atoms with Gasteiger partial charge in [0.1, 0.15) is 17.9 Å². The van der Waals surface area contributed by atoms with Crippen molar-refractivity contribution in [1.82, 2.24) is 14.8 Å². The minimum Gasteiger partial charge on any atom is -0.372 e. The topological polar surface area (TPSA) is 50.9 Å². The van der Waals surface area contributed by atoms with E-state index in [9.17, 15) is 5.11 Å². The molecule has 0 bridgehead atoms. The maximum atomic E-state index is 9.44. The van der Waals surface area contributed by atoms with E-state index in [-0.39, 0.29) is 0 Å². The maximum Gasteiger partial charge on any atom is 0.149 e. The predicted molar refractivity (Wildman–Crippen MR) is 39.0 cm³/mol. The van der Waals surface area contributed by atoms with Crippen molar-refractivity contribution >= 4 is 0 Å². The van der Waals surface area contributed by atoms with E-state index < -0.39 is 6.23 Å². The number of hydrogen-bond acceptors (Lipinski definition) is 3. The highest BCUT2D eigenvalue weighted by atomic mass is 16.3. The van der Waals surface area contributed by atoms with E-state index in [0.717, 1.165) is 30.9 Å². The smallest absolute Gasteiger partial charge is 0.149 e. The molecule has 0 saturated carbocycles. The molecular formula is C7H11N3O. The molecule has 2 rings (SSSR count). The Morgan fingerprint density at radius 3 is 3.18 bits per heavy atom. The van der Waals surface area contributed by atoms with Crippen LogP contribution < -0.4 is 0 Å². The van der Waals surface area contributed by atoms with E-state index in [4.69, 9.17) is 0 Å². The van der Waals surface area contributed by atoms with Gasteiger partial charge >= 0.3 is 0 Å². The minimum atomic E-state index is -0.444. The Bertz CT molecular complexity index is 269. The summed E-state index contributed by atoms with van der Waals surface area (Å²) in [6.07, 6.45) is 2.31. The Morgan fingerprint density at radius 1 is 1.64 bits per heavy atom. The van der Waals surface area contributed by atoms with Crippen LogP contribution in [-0.2, 0) is 6.42 Å². The van der Waals surface area contributed by atoms with E-state index in [1.807, 2.05) is 6.92 Å². The van der Waals surface area contributed by atoms with E-state index >= 15 is 0 Å². The van der Waals surface area contributed by atoms with Crippen molar-refractivity contribution in [1.29, 1.82) is 0 Å². The highest BCUT2D eigenvalue weighted by Crippen LogP contribution is 2.19. The predicted octanol–water partition coefficient (Wildman–Crippen LogP) is 0.414. The zero-order valence-electron chi connectivity index (χ0n) is 6.49. The standard InChI is InChI=1S/C7H11N3O/c1-5-8-6-3-2-4-7(11)10(6)9-5/h7,11H,2-4H2,1H3. The van der Waals surface area contributed by atoms with Crippen molar-refractivity contribution in [2.24, 2.45) is 0 Å². The zero-order chi connectivity index (χ0) is 7.84. The SMILES string of the molecule is Cc1nc2n(n1)C(O)CCC2. The second-order valence-corrected chi connectivity index (χ2v) is 2.89. The van der Waals surface area contributed by atoms with E-state index in [2.05, 4.69) is 10.1 Å². The molecule has 0 aliphatic carbocycles. The van der Waals surface area contributed by atoms with Gasteiger partial charge in [-0.2, -0.15) is 5.10 Å². The van der Waals surface area contributed by atoms with Crippen LogP contribution in [0.25, 0.3) is 0 Å². The molecule has 0 aromatic carbocycles. The van der Waals surface area contributed by atoms with Crippen LogP contribution in [0.1, 0.15) is 30.7 Å². The molecule has 1 aliphatic rings. The third kappa shape index (κ3) is 1.03. The molecule has 1 aromatic heterocycles. The van der Waals surface area contributed by atoms with Gasteiger partial charge in [0.05, 0.1) is 0 Å². The van der Waals surface area contributed by atoms with Crippen molar-refractivity contribution in [2.75, 3.05) is 0 Å².